The van der Waals surface area contributed by atoms with Crippen LogP contribution in [0.1, 0.15) is 24.9 Å². The zero-order valence-corrected chi connectivity index (χ0v) is 13.2. The first kappa shape index (κ1) is 18.6. The Kier molecular flexibility index (Phi) is 7.53. The molecule has 22 heavy (non-hydrogen) atoms. The van der Waals surface area contributed by atoms with Gasteiger partial charge in [-0.05, 0) is 33.9 Å². The van der Waals surface area contributed by atoms with E-state index in [1.165, 1.54) is 11.9 Å². The first-order valence-corrected chi connectivity index (χ1v) is 7.21. The van der Waals surface area contributed by atoms with Gasteiger partial charge in [0.1, 0.15) is 12.4 Å². The van der Waals surface area contributed by atoms with Gasteiger partial charge in [0.15, 0.2) is 5.82 Å². The summed E-state index contributed by atoms with van der Waals surface area (Å²) in [7, 11) is 1.46. The molecule has 0 aromatic carbocycles. The standard InChI is InChI=1S/C14H23F3N4O/c1-4-22-9-13-19-11(2)8-12(20-13)18-6-5-7-21(3)10-14(15,16)17/h8H,4-7,9-10H2,1-3H3,(H,18,19,20). The highest BCUT2D eigenvalue weighted by atomic mass is 19.4. The molecular formula is C14H23F3N4O. The minimum atomic E-state index is -4.15. The fourth-order valence-corrected chi connectivity index (χ4v) is 1.93. The van der Waals surface area contributed by atoms with Gasteiger partial charge in [0.05, 0.1) is 6.54 Å². The van der Waals surface area contributed by atoms with Crippen molar-refractivity contribution < 1.29 is 17.9 Å². The minimum Gasteiger partial charge on any atom is -0.374 e. The van der Waals surface area contributed by atoms with Gasteiger partial charge in [-0.3, -0.25) is 4.90 Å². The smallest absolute Gasteiger partial charge is 0.374 e. The van der Waals surface area contributed by atoms with Gasteiger partial charge in [-0.25, -0.2) is 9.97 Å². The Hall–Kier alpha value is -1.41. The molecule has 0 bridgehead atoms. The summed E-state index contributed by atoms with van der Waals surface area (Å²) in [6.45, 7) is 4.71. The number of aryl methyl sites for hydroxylation is 1. The molecule has 1 N–H and O–H groups in total. The Balaban J connectivity index is 2.37. The lowest BCUT2D eigenvalue weighted by molar-refractivity contribution is -0.142. The van der Waals surface area contributed by atoms with Crippen LogP contribution in [-0.2, 0) is 11.3 Å². The lowest BCUT2D eigenvalue weighted by Crippen LogP contribution is -2.32. The summed E-state index contributed by atoms with van der Waals surface area (Å²) in [6.07, 6.45) is -3.56. The number of ether oxygens (including phenoxy) is 1. The summed E-state index contributed by atoms with van der Waals surface area (Å²) in [5.41, 5.74) is 0.821. The van der Waals surface area contributed by atoms with Crippen molar-refractivity contribution in [3.8, 4) is 0 Å². The molecule has 0 saturated carbocycles. The first-order valence-electron chi connectivity index (χ1n) is 7.21. The molecule has 126 valence electrons. The van der Waals surface area contributed by atoms with E-state index in [0.29, 0.717) is 44.4 Å². The van der Waals surface area contributed by atoms with Gasteiger partial charge < -0.3 is 10.1 Å². The third kappa shape index (κ3) is 8.14. The second kappa shape index (κ2) is 8.89. The monoisotopic (exact) mass is 320 g/mol. The minimum absolute atomic E-state index is 0.348. The van der Waals surface area contributed by atoms with Crippen molar-refractivity contribution in [3.05, 3.63) is 17.6 Å². The lowest BCUT2D eigenvalue weighted by atomic mass is 10.3. The first-order chi connectivity index (χ1) is 10.3. The number of hydrogen-bond donors (Lipinski definition) is 1. The number of nitrogens with zero attached hydrogens (tertiary/aromatic N) is 3. The van der Waals surface area contributed by atoms with Crippen molar-refractivity contribution in [3.63, 3.8) is 0 Å². The summed E-state index contributed by atoms with van der Waals surface area (Å²) in [5, 5.41) is 3.11. The topological polar surface area (TPSA) is 50.3 Å². The van der Waals surface area contributed by atoms with Crippen LogP contribution in [0.25, 0.3) is 0 Å². The van der Waals surface area contributed by atoms with Crippen LogP contribution < -0.4 is 5.32 Å². The van der Waals surface area contributed by atoms with E-state index >= 15 is 0 Å². The van der Waals surface area contributed by atoms with E-state index in [9.17, 15) is 13.2 Å². The number of nitrogens with one attached hydrogen (secondary N) is 1. The van der Waals surface area contributed by atoms with Crippen LogP contribution in [-0.4, -0.2) is 54.3 Å². The molecule has 0 radical (unpaired) electrons. The lowest BCUT2D eigenvalue weighted by Gasteiger charge is -2.18. The molecular weight excluding hydrogens is 297 g/mol. The van der Waals surface area contributed by atoms with Crippen LogP contribution in [0.3, 0.4) is 0 Å². The molecule has 8 heteroatoms. The second-order valence-corrected chi connectivity index (χ2v) is 5.08. The molecule has 0 aliphatic carbocycles. The van der Waals surface area contributed by atoms with E-state index in [-0.39, 0.29) is 0 Å². The summed E-state index contributed by atoms with van der Waals surface area (Å²) < 4.78 is 41.8. The summed E-state index contributed by atoms with van der Waals surface area (Å²) >= 11 is 0. The van der Waals surface area contributed by atoms with Gasteiger partial charge in [-0.2, -0.15) is 13.2 Å². The van der Waals surface area contributed by atoms with Crippen LogP contribution in [0.5, 0.6) is 0 Å². The molecule has 1 aromatic rings. The molecule has 5 nitrogen and oxygen atoms in total. The van der Waals surface area contributed by atoms with Gasteiger partial charge in [-0.1, -0.05) is 0 Å². The molecule has 0 unspecified atom stereocenters. The Labute approximate surface area is 128 Å². The molecule has 0 atom stereocenters. The number of rotatable bonds is 9. The quantitative estimate of drug-likeness (QED) is 0.709. The molecule has 0 aliphatic heterocycles. The van der Waals surface area contributed by atoms with E-state index in [1.54, 1.807) is 6.07 Å². The molecule has 1 rings (SSSR count). The van der Waals surface area contributed by atoms with Gasteiger partial charge in [0.25, 0.3) is 0 Å². The van der Waals surface area contributed by atoms with E-state index in [0.717, 1.165) is 5.69 Å². The highest BCUT2D eigenvalue weighted by molar-refractivity contribution is 5.35. The molecule has 1 aromatic heterocycles. The predicted molar refractivity (Wildman–Crippen MR) is 78.8 cm³/mol. The number of halogens is 3. The van der Waals surface area contributed by atoms with E-state index in [4.69, 9.17) is 4.74 Å². The van der Waals surface area contributed by atoms with Crippen LogP contribution >= 0.6 is 0 Å². The van der Waals surface area contributed by atoms with E-state index in [2.05, 4.69) is 15.3 Å². The average molecular weight is 320 g/mol. The van der Waals surface area contributed by atoms with Crippen LogP contribution in [0, 0.1) is 6.92 Å². The van der Waals surface area contributed by atoms with Crippen molar-refractivity contribution in [2.24, 2.45) is 0 Å². The van der Waals surface area contributed by atoms with Crippen molar-refractivity contribution in [1.29, 1.82) is 0 Å². The SMILES string of the molecule is CCOCc1nc(C)cc(NCCCN(C)CC(F)(F)F)n1. The molecule has 0 fully saturated rings. The highest BCUT2D eigenvalue weighted by Crippen LogP contribution is 2.15. The normalized spacial score (nSPS) is 12.0. The zero-order valence-electron chi connectivity index (χ0n) is 13.2. The van der Waals surface area contributed by atoms with Crippen molar-refractivity contribution in [2.45, 2.75) is 33.1 Å². The number of alkyl halides is 3. The van der Waals surface area contributed by atoms with Crippen molar-refractivity contribution >= 4 is 5.82 Å². The maximum absolute atomic E-state index is 12.2. The molecule has 0 spiro atoms. The molecule has 0 aliphatic rings. The van der Waals surface area contributed by atoms with Gasteiger partial charge >= 0.3 is 6.18 Å². The predicted octanol–water partition coefficient (Wildman–Crippen LogP) is 2.62. The highest BCUT2D eigenvalue weighted by Gasteiger charge is 2.28. The summed E-state index contributed by atoms with van der Waals surface area (Å²) in [4.78, 5) is 9.82. The summed E-state index contributed by atoms with van der Waals surface area (Å²) in [5.74, 6) is 1.26. The number of hydrogen-bond acceptors (Lipinski definition) is 5. The maximum atomic E-state index is 12.2. The third-order valence-electron chi connectivity index (χ3n) is 2.81. The fraction of sp³-hybridized carbons (Fsp3) is 0.714. The van der Waals surface area contributed by atoms with Crippen molar-refractivity contribution in [2.75, 3.05) is 38.6 Å². The van der Waals surface area contributed by atoms with Gasteiger partial charge in [-0.15, -0.1) is 0 Å². The van der Waals surface area contributed by atoms with Crippen LogP contribution in [0.15, 0.2) is 6.07 Å². The van der Waals surface area contributed by atoms with E-state index in [1.807, 2.05) is 13.8 Å². The third-order valence-corrected chi connectivity index (χ3v) is 2.81. The largest absolute Gasteiger partial charge is 0.401 e. The molecule has 0 saturated heterocycles. The average Bonchev–Trinajstić information content (AvgIpc) is 2.39. The van der Waals surface area contributed by atoms with Gasteiger partial charge in [0.2, 0.25) is 0 Å². The maximum Gasteiger partial charge on any atom is 0.401 e. The Morgan fingerprint density at radius 3 is 2.68 bits per heavy atom. The van der Waals surface area contributed by atoms with Crippen LogP contribution in [0.4, 0.5) is 19.0 Å². The van der Waals surface area contributed by atoms with Gasteiger partial charge in [0, 0.05) is 24.9 Å². The summed E-state index contributed by atoms with van der Waals surface area (Å²) in [6, 6.07) is 1.80. The second-order valence-electron chi connectivity index (χ2n) is 5.08. The van der Waals surface area contributed by atoms with Crippen LogP contribution in [0.2, 0.25) is 0 Å². The Morgan fingerprint density at radius 2 is 2.05 bits per heavy atom. The van der Waals surface area contributed by atoms with Crippen molar-refractivity contribution in [1.82, 2.24) is 14.9 Å². The number of aromatic nitrogens is 2. The Morgan fingerprint density at radius 1 is 1.32 bits per heavy atom. The number of anilines is 1. The Bertz CT molecular complexity index is 454. The zero-order chi connectivity index (χ0) is 16.6. The fourth-order valence-electron chi connectivity index (χ4n) is 1.93. The molecule has 0 amide bonds. The van der Waals surface area contributed by atoms with E-state index < -0.39 is 12.7 Å². The molecule has 1 heterocycles.